The number of aromatic amines is 1. The van der Waals surface area contributed by atoms with E-state index < -0.39 is 17.8 Å². The van der Waals surface area contributed by atoms with E-state index in [9.17, 15) is 18.3 Å². The van der Waals surface area contributed by atoms with Crippen molar-refractivity contribution >= 4 is 0 Å². The van der Waals surface area contributed by atoms with E-state index in [0.717, 1.165) is 11.8 Å². The topological polar surface area (TPSA) is 52.1 Å². The van der Waals surface area contributed by atoms with E-state index in [1.165, 1.54) is 12.1 Å². The van der Waals surface area contributed by atoms with Crippen LogP contribution in [0.2, 0.25) is 0 Å². The van der Waals surface area contributed by atoms with Gasteiger partial charge in [-0.2, -0.15) is 13.2 Å². The lowest BCUT2D eigenvalue weighted by Gasteiger charge is -2.24. The molecule has 1 aromatic heterocycles. The van der Waals surface area contributed by atoms with Gasteiger partial charge in [0.05, 0.1) is 18.0 Å². The van der Waals surface area contributed by atoms with Crippen molar-refractivity contribution in [2.24, 2.45) is 0 Å². The summed E-state index contributed by atoms with van der Waals surface area (Å²) in [4.78, 5) is 8.87. The average Bonchev–Trinajstić information content (AvgIpc) is 3.08. The standard InChI is InChI=1S/C15H16F3N3O/c16-15(17,18)11-3-1-2-10(4-11)14-5-13(22)8-21(14)7-12-6-19-9-20-12/h1-4,6,9,13-14,22H,5,7-8H2,(H,19,20)/t13-,14+/m1/s1. The van der Waals surface area contributed by atoms with Crippen LogP contribution in [0.25, 0.3) is 0 Å². The number of imidazole rings is 1. The first-order valence-corrected chi connectivity index (χ1v) is 7.00. The number of aliphatic hydroxyl groups excluding tert-OH is 1. The fourth-order valence-electron chi connectivity index (χ4n) is 2.91. The Morgan fingerprint density at radius 3 is 2.86 bits per heavy atom. The number of halogens is 3. The summed E-state index contributed by atoms with van der Waals surface area (Å²) in [6.45, 7) is 0.942. The van der Waals surface area contributed by atoms with Crippen LogP contribution >= 0.6 is 0 Å². The van der Waals surface area contributed by atoms with Gasteiger partial charge >= 0.3 is 6.18 Å². The van der Waals surface area contributed by atoms with Crippen molar-refractivity contribution in [1.29, 1.82) is 0 Å². The number of nitrogens with one attached hydrogen (secondary N) is 1. The zero-order valence-corrected chi connectivity index (χ0v) is 11.7. The molecule has 1 aliphatic heterocycles. The fraction of sp³-hybridized carbons (Fsp3) is 0.400. The molecule has 2 atom stereocenters. The maximum atomic E-state index is 12.9. The second kappa shape index (κ2) is 5.73. The van der Waals surface area contributed by atoms with E-state index in [1.807, 2.05) is 4.90 Å². The third kappa shape index (κ3) is 3.15. The molecule has 0 aliphatic carbocycles. The molecular formula is C15H16F3N3O. The number of aromatic nitrogens is 2. The molecule has 3 rings (SSSR count). The minimum atomic E-state index is -4.36. The minimum Gasteiger partial charge on any atom is -0.392 e. The molecule has 1 aromatic carbocycles. The number of aliphatic hydroxyl groups is 1. The molecule has 0 saturated carbocycles. The molecule has 0 spiro atoms. The second-order valence-corrected chi connectivity index (χ2v) is 5.53. The summed E-state index contributed by atoms with van der Waals surface area (Å²) in [6, 6.07) is 5.09. The molecule has 4 nitrogen and oxygen atoms in total. The van der Waals surface area contributed by atoms with Gasteiger partial charge in [-0.15, -0.1) is 0 Å². The van der Waals surface area contributed by atoms with E-state index in [4.69, 9.17) is 0 Å². The van der Waals surface area contributed by atoms with Crippen molar-refractivity contribution in [3.05, 3.63) is 53.6 Å². The zero-order chi connectivity index (χ0) is 15.7. The highest BCUT2D eigenvalue weighted by atomic mass is 19.4. The van der Waals surface area contributed by atoms with Crippen LogP contribution < -0.4 is 0 Å². The molecule has 0 bridgehead atoms. The molecule has 0 amide bonds. The van der Waals surface area contributed by atoms with Gasteiger partial charge in [0.15, 0.2) is 0 Å². The van der Waals surface area contributed by atoms with Crippen molar-refractivity contribution < 1.29 is 18.3 Å². The van der Waals surface area contributed by atoms with Crippen LogP contribution in [0.1, 0.15) is 29.3 Å². The monoisotopic (exact) mass is 311 g/mol. The number of β-amino-alcohol motifs (C(OH)–C–C–N with tert-alkyl or cyclic N) is 1. The molecule has 1 fully saturated rings. The summed E-state index contributed by atoms with van der Waals surface area (Å²) in [6.07, 6.45) is -1.24. The number of nitrogens with zero attached hydrogens (tertiary/aromatic N) is 2. The summed E-state index contributed by atoms with van der Waals surface area (Å²) in [5.41, 5.74) is 0.782. The molecule has 118 valence electrons. The Kier molecular flexibility index (Phi) is 3.92. The van der Waals surface area contributed by atoms with Crippen LogP contribution in [0.5, 0.6) is 0 Å². The van der Waals surface area contributed by atoms with Crippen LogP contribution in [0.3, 0.4) is 0 Å². The van der Waals surface area contributed by atoms with Crippen LogP contribution in [0.4, 0.5) is 13.2 Å². The number of rotatable bonds is 3. The molecule has 7 heteroatoms. The number of hydrogen-bond acceptors (Lipinski definition) is 3. The Labute approximate surface area is 125 Å². The largest absolute Gasteiger partial charge is 0.416 e. The van der Waals surface area contributed by atoms with E-state index >= 15 is 0 Å². The number of benzene rings is 1. The highest BCUT2D eigenvalue weighted by molar-refractivity contribution is 5.29. The maximum absolute atomic E-state index is 12.9. The van der Waals surface area contributed by atoms with Crippen molar-refractivity contribution in [2.75, 3.05) is 6.54 Å². The second-order valence-electron chi connectivity index (χ2n) is 5.53. The third-order valence-corrected chi connectivity index (χ3v) is 3.91. The first kappa shape index (κ1) is 15.1. The lowest BCUT2D eigenvalue weighted by Crippen LogP contribution is -2.24. The van der Waals surface area contributed by atoms with Crippen LogP contribution in [0.15, 0.2) is 36.8 Å². The van der Waals surface area contributed by atoms with E-state index in [1.54, 1.807) is 18.6 Å². The number of hydrogen-bond donors (Lipinski definition) is 2. The summed E-state index contributed by atoms with van der Waals surface area (Å²) in [7, 11) is 0. The molecule has 1 saturated heterocycles. The maximum Gasteiger partial charge on any atom is 0.416 e. The Morgan fingerprint density at radius 1 is 1.36 bits per heavy atom. The van der Waals surface area contributed by atoms with E-state index in [0.29, 0.717) is 25.1 Å². The molecule has 1 aliphatic rings. The van der Waals surface area contributed by atoms with Crippen molar-refractivity contribution in [3.8, 4) is 0 Å². The van der Waals surface area contributed by atoms with Gasteiger partial charge < -0.3 is 10.1 Å². The summed E-state index contributed by atoms with van der Waals surface area (Å²) in [5, 5.41) is 9.90. The van der Waals surface area contributed by atoms with Gasteiger partial charge in [0.2, 0.25) is 0 Å². The van der Waals surface area contributed by atoms with Gasteiger partial charge in [-0.05, 0) is 24.1 Å². The van der Waals surface area contributed by atoms with E-state index in [2.05, 4.69) is 9.97 Å². The molecule has 2 heterocycles. The quantitative estimate of drug-likeness (QED) is 0.916. The SMILES string of the molecule is O[C@@H]1C[C@@H](c2cccc(C(F)(F)F)c2)N(Cc2cnc[nH]2)C1. The van der Waals surface area contributed by atoms with Crippen molar-refractivity contribution in [1.82, 2.24) is 14.9 Å². The molecule has 2 aromatic rings. The first-order valence-electron chi connectivity index (χ1n) is 7.00. The summed E-state index contributed by atoms with van der Waals surface area (Å²) >= 11 is 0. The predicted octanol–water partition coefficient (Wildman–Crippen LogP) is 2.74. The van der Waals surface area contributed by atoms with E-state index in [-0.39, 0.29) is 6.04 Å². The Hall–Kier alpha value is -1.86. The van der Waals surface area contributed by atoms with Gasteiger partial charge in [0.25, 0.3) is 0 Å². The smallest absolute Gasteiger partial charge is 0.392 e. The van der Waals surface area contributed by atoms with Gasteiger partial charge in [0, 0.05) is 31.0 Å². The molecule has 0 unspecified atom stereocenters. The fourth-order valence-corrected chi connectivity index (χ4v) is 2.91. The minimum absolute atomic E-state index is 0.236. The number of alkyl halides is 3. The molecule has 0 radical (unpaired) electrons. The number of likely N-dealkylation sites (tertiary alicyclic amines) is 1. The number of H-pyrrole nitrogens is 1. The summed E-state index contributed by atoms with van der Waals surface area (Å²) < 4.78 is 38.6. The highest BCUT2D eigenvalue weighted by Crippen LogP contribution is 2.36. The third-order valence-electron chi connectivity index (χ3n) is 3.91. The van der Waals surface area contributed by atoms with Crippen LogP contribution in [-0.4, -0.2) is 32.6 Å². The molecule has 22 heavy (non-hydrogen) atoms. The van der Waals surface area contributed by atoms with Gasteiger partial charge in [-0.1, -0.05) is 12.1 Å². The average molecular weight is 311 g/mol. The van der Waals surface area contributed by atoms with Crippen molar-refractivity contribution in [3.63, 3.8) is 0 Å². The van der Waals surface area contributed by atoms with Gasteiger partial charge in [0.1, 0.15) is 0 Å². The van der Waals surface area contributed by atoms with Crippen molar-refractivity contribution in [2.45, 2.75) is 31.3 Å². The Morgan fingerprint density at radius 2 is 2.18 bits per heavy atom. The Bertz CT molecular complexity index is 627. The predicted molar refractivity (Wildman–Crippen MR) is 73.8 cm³/mol. The normalized spacial score (nSPS) is 23.1. The zero-order valence-electron chi connectivity index (χ0n) is 11.7. The lowest BCUT2D eigenvalue weighted by atomic mass is 10.0. The van der Waals surface area contributed by atoms with Crippen LogP contribution in [0, 0.1) is 0 Å². The van der Waals surface area contributed by atoms with Gasteiger partial charge in [-0.25, -0.2) is 4.98 Å². The first-order chi connectivity index (χ1) is 10.4. The van der Waals surface area contributed by atoms with Gasteiger partial charge in [-0.3, -0.25) is 4.90 Å². The van der Waals surface area contributed by atoms with Crippen LogP contribution in [-0.2, 0) is 12.7 Å². The lowest BCUT2D eigenvalue weighted by molar-refractivity contribution is -0.137. The highest BCUT2D eigenvalue weighted by Gasteiger charge is 2.35. The summed E-state index contributed by atoms with van der Waals surface area (Å²) in [5.74, 6) is 0. The Balaban J connectivity index is 1.85. The molecular weight excluding hydrogens is 295 g/mol. The molecule has 2 N–H and O–H groups in total.